The zero-order valence-electron chi connectivity index (χ0n) is 11.9. The number of nitrogens with zero attached hydrogens (tertiary/aromatic N) is 2. The maximum Gasteiger partial charge on any atom is 0.418 e. The average Bonchev–Trinajstić information content (AvgIpc) is 3.24. The molecule has 0 radical (unpaired) electrons. The Bertz CT molecular complexity index is 846. The fourth-order valence-electron chi connectivity index (χ4n) is 2.85. The molecular weight excluding hydrogens is 309 g/mol. The smallest absolute Gasteiger partial charge is 0.381 e. The lowest BCUT2D eigenvalue weighted by atomic mass is 10.0. The number of alkyl halides is 3. The van der Waals surface area contributed by atoms with E-state index in [-0.39, 0.29) is 17.0 Å². The number of ether oxygens (including phenoxy) is 1. The van der Waals surface area contributed by atoms with Crippen LogP contribution in [0.1, 0.15) is 23.6 Å². The Hall–Kier alpha value is -2.35. The molecule has 120 valence electrons. The molecular formula is C15H13F3N4O. The first-order valence-corrected chi connectivity index (χ1v) is 7.20. The van der Waals surface area contributed by atoms with Crippen LogP contribution in [0.25, 0.3) is 22.3 Å². The van der Waals surface area contributed by atoms with Crippen LogP contribution >= 0.6 is 0 Å². The Balaban J connectivity index is 1.74. The molecule has 0 spiro atoms. The number of halogens is 3. The van der Waals surface area contributed by atoms with Crippen LogP contribution in [0.4, 0.5) is 13.2 Å². The first-order chi connectivity index (χ1) is 11.0. The van der Waals surface area contributed by atoms with Gasteiger partial charge in [0.25, 0.3) is 0 Å². The van der Waals surface area contributed by atoms with Crippen molar-refractivity contribution in [2.45, 2.75) is 18.5 Å². The maximum absolute atomic E-state index is 13.0. The van der Waals surface area contributed by atoms with Crippen molar-refractivity contribution in [3.8, 4) is 11.3 Å². The van der Waals surface area contributed by atoms with Crippen molar-refractivity contribution >= 4 is 11.0 Å². The third-order valence-corrected chi connectivity index (χ3v) is 4.10. The quantitative estimate of drug-likeness (QED) is 0.759. The van der Waals surface area contributed by atoms with E-state index in [4.69, 9.17) is 4.74 Å². The molecule has 0 aliphatic carbocycles. The molecule has 0 bridgehead atoms. The molecule has 1 aliphatic heterocycles. The van der Waals surface area contributed by atoms with Crippen LogP contribution in [0.15, 0.2) is 24.5 Å². The van der Waals surface area contributed by atoms with E-state index in [0.717, 1.165) is 18.3 Å². The van der Waals surface area contributed by atoms with E-state index >= 15 is 0 Å². The molecule has 3 aromatic heterocycles. The number of rotatable bonds is 2. The topological polar surface area (TPSA) is 66.6 Å². The van der Waals surface area contributed by atoms with Crippen molar-refractivity contribution in [3.63, 3.8) is 0 Å². The third kappa shape index (κ3) is 2.48. The van der Waals surface area contributed by atoms with Crippen LogP contribution in [-0.2, 0) is 10.9 Å². The highest BCUT2D eigenvalue weighted by molar-refractivity contribution is 5.84. The van der Waals surface area contributed by atoms with Gasteiger partial charge < -0.3 is 9.72 Å². The first-order valence-electron chi connectivity index (χ1n) is 7.20. The lowest BCUT2D eigenvalue weighted by Gasteiger charge is -2.04. The van der Waals surface area contributed by atoms with Gasteiger partial charge in [-0.1, -0.05) is 0 Å². The number of hydrogen-bond acceptors (Lipinski definition) is 3. The molecule has 1 fully saturated rings. The number of fused-ring (bicyclic) bond motifs is 1. The van der Waals surface area contributed by atoms with Crippen LogP contribution in [0, 0.1) is 0 Å². The van der Waals surface area contributed by atoms with Gasteiger partial charge in [-0.15, -0.1) is 0 Å². The zero-order chi connectivity index (χ0) is 16.0. The van der Waals surface area contributed by atoms with Crippen molar-refractivity contribution in [1.29, 1.82) is 0 Å². The summed E-state index contributed by atoms with van der Waals surface area (Å²) in [4.78, 5) is 6.61. The molecule has 1 aliphatic rings. The minimum atomic E-state index is -4.42. The highest BCUT2D eigenvalue weighted by atomic mass is 19.4. The molecule has 0 saturated carbocycles. The number of pyridine rings is 1. The maximum atomic E-state index is 13.0. The third-order valence-electron chi connectivity index (χ3n) is 4.10. The standard InChI is InChI=1S/C15H13F3N4O/c16-15(17,18)11-6-20-14-10(11)3-9(5-19-14)13-4-12(21-22-13)8-1-2-23-7-8/h3-6,8H,1-2,7H2,(H,19,20)(H,21,22)/t8-/m1/s1. The summed E-state index contributed by atoms with van der Waals surface area (Å²) in [5.41, 5.74) is 1.55. The number of aromatic nitrogens is 4. The van der Waals surface area contributed by atoms with E-state index in [0.29, 0.717) is 24.5 Å². The predicted molar refractivity (Wildman–Crippen MR) is 76.9 cm³/mol. The monoisotopic (exact) mass is 322 g/mol. The van der Waals surface area contributed by atoms with E-state index in [1.165, 1.54) is 12.3 Å². The molecule has 1 saturated heterocycles. The summed E-state index contributed by atoms with van der Waals surface area (Å²) < 4.78 is 44.4. The van der Waals surface area contributed by atoms with Gasteiger partial charge in [0.15, 0.2) is 0 Å². The highest BCUT2D eigenvalue weighted by Crippen LogP contribution is 2.36. The van der Waals surface area contributed by atoms with E-state index in [9.17, 15) is 13.2 Å². The predicted octanol–water partition coefficient (Wildman–Crippen LogP) is 3.48. The molecule has 2 N–H and O–H groups in total. The van der Waals surface area contributed by atoms with Crippen LogP contribution < -0.4 is 0 Å². The number of hydrogen-bond donors (Lipinski definition) is 2. The molecule has 3 aromatic rings. The molecule has 4 rings (SSSR count). The summed E-state index contributed by atoms with van der Waals surface area (Å²) in [7, 11) is 0. The summed E-state index contributed by atoms with van der Waals surface area (Å²) in [5, 5.41) is 7.19. The van der Waals surface area contributed by atoms with Crippen LogP contribution in [0.2, 0.25) is 0 Å². The summed E-state index contributed by atoms with van der Waals surface area (Å²) in [6.45, 7) is 1.35. The molecule has 0 amide bonds. The van der Waals surface area contributed by atoms with Crippen LogP contribution in [0.3, 0.4) is 0 Å². The van der Waals surface area contributed by atoms with Gasteiger partial charge in [-0.3, -0.25) is 5.10 Å². The SMILES string of the molecule is FC(F)(F)c1c[nH]c2ncc(-c3cc([C@@H]4CCOC4)[nH]n3)cc12. The van der Waals surface area contributed by atoms with Crippen molar-refractivity contribution in [3.05, 3.63) is 35.8 Å². The largest absolute Gasteiger partial charge is 0.418 e. The second kappa shape index (κ2) is 5.09. The van der Waals surface area contributed by atoms with Gasteiger partial charge in [-0.25, -0.2) is 4.98 Å². The van der Waals surface area contributed by atoms with Gasteiger partial charge in [0.1, 0.15) is 5.65 Å². The van der Waals surface area contributed by atoms with E-state index < -0.39 is 11.7 Å². The minimum absolute atomic E-state index is 0.0451. The molecule has 1 atom stereocenters. The Kier molecular flexibility index (Phi) is 3.15. The van der Waals surface area contributed by atoms with Crippen molar-refractivity contribution in [2.75, 3.05) is 13.2 Å². The van der Waals surface area contributed by atoms with Crippen LogP contribution in [0.5, 0.6) is 0 Å². The molecule has 23 heavy (non-hydrogen) atoms. The summed E-state index contributed by atoms with van der Waals surface area (Å²) >= 11 is 0. The Morgan fingerprint density at radius 2 is 2.13 bits per heavy atom. The first kappa shape index (κ1) is 14.3. The lowest BCUT2D eigenvalue weighted by Crippen LogP contribution is -2.03. The second-order valence-corrected chi connectivity index (χ2v) is 5.59. The minimum Gasteiger partial charge on any atom is -0.381 e. The van der Waals surface area contributed by atoms with Gasteiger partial charge >= 0.3 is 6.18 Å². The molecule has 0 unspecified atom stereocenters. The van der Waals surface area contributed by atoms with Gasteiger partial charge in [-0.05, 0) is 18.6 Å². The summed E-state index contributed by atoms with van der Waals surface area (Å²) in [5.74, 6) is 0.255. The summed E-state index contributed by atoms with van der Waals surface area (Å²) in [6, 6.07) is 3.31. The van der Waals surface area contributed by atoms with Crippen LogP contribution in [-0.4, -0.2) is 33.4 Å². The fraction of sp³-hybridized carbons (Fsp3) is 0.333. The number of H-pyrrole nitrogens is 2. The van der Waals surface area contributed by atoms with Gasteiger partial charge in [0.05, 0.1) is 17.9 Å². The number of nitrogens with one attached hydrogen (secondary N) is 2. The van der Waals surface area contributed by atoms with Gasteiger partial charge in [0.2, 0.25) is 0 Å². The van der Waals surface area contributed by atoms with E-state index in [2.05, 4.69) is 20.2 Å². The average molecular weight is 322 g/mol. The Morgan fingerprint density at radius 3 is 2.87 bits per heavy atom. The lowest BCUT2D eigenvalue weighted by molar-refractivity contribution is -0.136. The van der Waals surface area contributed by atoms with Crippen molar-refractivity contribution in [2.24, 2.45) is 0 Å². The van der Waals surface area contributed by atoms with Gasteiger partial charge in [-0.2, -0.15) is 18.3 Å². The molecule has 5 nitrogen and oxygen atoms in total. The van der Waals surface area contributed by atoms with E-state index in [1.54, 1.807) is 0 Å². The van der Waals surface area contributed by atoms with Crippen molar-refractivity contribution < 1.29 is 17.9 Å². The summed E-state index contributed by atoms with van der Waals surface area (Å²) in [6.07, 6.45) is -1.05. The molecule has 0 aromatic carbocycles. The normalized spacial score (nSPS) is 18.8. The Morgan fingerprint density at radius 1 is 1.26 bits per heavy atom. The number of aromatic amines is 2. The molecule has 4 heterocycles. The van der Waals surface area contributed by atoms with Crippen molar-refractivity contribution in [1.82, 2.24) is 20.2 Å². The highest BCUT2D eigenvalue weighted by Gasteiger charge is 2.34. The Labute approximate surface area is 128 Å². The fourth-order valence-corrected chi connectivity index (χ4v) is 2.85. The van der Waals surface area contributed by atoms with Gasteiger partial charge in [0, 0.05) is 41.6 Å². The zero-order valence-corrected chi connectivity index (χ0v) is 11.9. The second-order valence-electron chi connectivity index (χ2n) is 5.59. The van der Waals surface area contributed by atoms with E-state index in [1.807, 2.05) is 6.07 Å². The molecule has 8 heteroatoms.